The number of hydrogen-bond acceptors (Lipinski definition) is 3. The lowest BCUT2D eigenvalue weighted by Crippen LogP contribution is -2.37. The summed E-state index contributed by atoms with van der Waals surface area (Å²) in [5, 5.41) is 11.8. The van der Waals surface area contributed by atoms with E-state index in [9.17, 15) is 4.79 Å². The van der Waals surface area contributed by atoms with Gasteiger partial charge in [0, 0.05) is 6.42 Å². The first-order valence-electron chi connectivity index (χ1n) is 6.78. The number of aliphatic hydroxyl groups excluding tert-OH is 1. The molecular formula is C13H28N2O2. The van der Waals surface area contributed by atoms with Gasteiger partial charge in [0.2, 0.25) is 5.91 Å². The Morgan fingerprint density at radius 1 is 1.29 bits per heavy atom. The highest BCUT2D eigenvalue weighted by Crippen LogP contribution is 2.16. The first-order valence-corrected chi connectivity index (χ1v) is 6.78. The largest absolute Gasteiger partial charge is 0.394 e. The predicted molar refractivity (Wildman–Crippen MR) is 70.6 cm³/mol. The molecule has 1 amide bonds. The molecule has 17 heavy (non-hydrogen) atoms. The van der Waals surface area contributed by atoms with Crippen molar-refractivity contribution in [3.05, 3.63) is 0 Å². The van der Waals surface area contributed by atoms with Crippen LogP contribution in [0.4, 0.5) is 0 Å². The first-order chi connectivity index (χ1) is 8.17. The van der Waals surface area contributed by atoms with Gasteiger partial charge in [0.25, 0.3) is 0 Å². The zero-order chi connectivity index (χ0) is 13.1. The minimum Gasteiger partial charge on any atom is -0.394 e. The van der Waals surface area contributed by atoms with Crippen molar-refractivity contribution in [2.45, 2.75) is 58.4 Å². The average Bonchev–Trinajstić information content (AvgIpc) is 2.33. The second-order valence-corrected chi connectivity index (χ2v) is 4.63. The second kappa shape index (κ2) is 10.5. The third-order valence-electron chi connectivity index (χ3n) is 3.13. The molecule has 4 N–H and O–H groups in total. The molecule has 0 aromatic carbocycles. The average molecular weight is 244 g/mol. The Hall–Kier alpha value is -0.610. The highest BCUT2D eigenvalue weighted by atomic mass is 16.3. The summed E-state index contributed by atoms with van der Waals surface area (Å²) in [7, 11) is 0. The molecule has 0 aromatic rings. The van der Waals surface area contributed by atoms with Crippen LogP contribution in [0.25, 0.3) is 0 Å². The summed E-state index contributed by atoms with van der Waals surface area (Å²) in [5.41, 5.74) is 5.56. The summed E-state index contributed by atoms with van der Waals surface area (Å²) < 4.78 is 0. The minimum atomic E-state index is -0.0957. The van der Waals surface area contributed by atoms with Crippen LogP contribution in [-0.4, -0.2) is 30.2 Å². The van der Waals surface area contributed by atoms with E-state index in [-0.39, 0.29) is 18.6 Å². The standard InChI is InChI=1S/C13H28N2O2/c1-3-5-11(8-9-14)6-7-13(17)15-12(4-2)10-16/h11-12,16H,3-10,14H2,1-2H3,(H,15,17)/t11?,12-/m0/s1. The number of nitrogens with two attached hydrogens (primary N) is 1. The van der Waals surface area contributed by atoms with Gasteiger partial charge in [-0.1, -0.05) is 26.7 Å². The predicted octanol–water partition coefficient (Wildman–Crippen LogP) is 1.42. The van der Waals surface area contributed by atoms with Crippen LogP contribution >= 0.6 is 0 Å². The van der Waals surface area contributed by atoms with Gasteiger partial charge < -0.3 is 16.2 Å². The van der Waals surface area contributed by atoms with E-state index in [1.807, 2.05) is 6.92 Å². The van der Waals surface area contributed by atoms with Gasteiger partial charge >= 0.3 is 0 Å². The van der Waals surface area contributed by atoms with E-state index in [2.05, 4.69) is 12.2 Å². The number of carbonyl (C=O) groups is 1. The second-order valence-electron chi connectivity index (χ2n) is 4.63. The Morgan fingerprint density at radius 2 is 2.00 bits per heavy atom. The van der Waals surface area contributed by atoms with E-state index in [0.29, 0.717) is 18.9 Å². The summed E-state index contributed by atoms with van der Waals surface area (Å²) >= 11 is 0. The molecule has 1 unspecified atom stereocenters. The van der Waals surface area contributed by atoms with E-state index in [0.717, 1.165) is 32.1 Å². The molecular weight excluding hydrogens is 216 g/mol. The maximum Gasteiger partial charge on any atom is 0.220 e. The van der Waals surface area contributed by atoms with Gasteiger partial charge in [0.05, 0.1) is 12.6 Å². The summed E-state index contributed by atoms with van der Waals surface area (Å²) in [6.07, 6.45) is 5.49. The van der Waals surface area contributed by atoms with Gasteiger partial charge in [-0.2, -0.15) is 0 Å². The molecule has 0 saturated heterocycles. The van der Waals surface area contributed by atoms with E-state index in [4.69, 9.17) is 10.8 Å². The van der Waals surface area contributed by atoms with E-state index in [1.165, 1.54) is 0 Å². The van der Waals surface area contributed by atoms with Crippen molar-refractivity contribution in [2.24, 2.45) is 11.7 Å². The molecule has 0 aliphatic carbocycles. The SMILES string of the molecule is CCCC(CCN)CCC(=O)N[C@@H](CC)CO. The molecule has 0 aromatic heterocycles. The Kier molecular flexibility index (Phi) is 10.2. The van der Waals surface area contributed by atoms with Crippen molar-refractivity contribution in [3.63, 3.8) is 0 Å². The van der Waals surface area contributed by atoms with Crippen LogP contribution in [0.1, 0.15) is 52.4 Å². The molecule has 102 valence electrons. The maximum absolute atomic E-state index is 11.6. The van der Waals surface area contributed by atoms with Gasteiger partial charge in [-0.25, -0.2) is 0 Å². The van der Waals surface area contributed by atoms with Crippen LogP contribution in [0, 0.1) is 5.92 Å². The van der Waals surface area contributed by atoms with Gasteiger partial charge in [-0.05, 0) is 31.7 Å². The van der Waals surface area contributed by atoms with Crippen LogP contribution in [0.2, 0.25) is 0 Å². The van der Waals surface area contributed by atoms with Crippen LogP contribution in [0.5, 0.6) is 0 Å². The lowest BCUT2D eigenvalue weighted by atomic mass is 9.94. The van der Waals surface area contributed by atoms with E-state index < -0.39 is 0 Å². The molecule has 0 bridgehead atoms. The molecule has 0 rings (SSSR count). The molecule has 0 spiro atoms. The highest BCUT2D eigenvalue weighted by Gasteiger charge is 2.12. The maximum atomic E-state index is 11.6. The molecule has 2 atom stereocenters. The molecule has 4 heteroatoms. The highest BCUT2D eigenvalue weighted by molar-refractivity contribution is 5.76. The van der Waals surface area contributed by atoms with Crippen molar-refractivity contribution in [2.75, 3.05) is 13.2 Å². The fourth-order valence-corrected chi connectivity index (χ4v) is 1.99. The summed E-state index contributed by atoms with van der Waals surface area (Å²) in [4.78, 5) is 11.6. The molecule has 0 heterocycles. The summed E-state index contributed by atoms with van der Waals surface area (Å²) in [5.74, 6) is 0.606. The van der Waals surface area contributed by atoms with Crippen LogP contribution in [-0.2, 0) is 4.79 Å². The van der Waals surface area contributed by atoms with Crippen molar-refractivity contribution in [3.8, 4) is 0 Å². The van der Waals surface area contributed by atoms with E-state index >= 15 is 0 Å². The molecule has 0 aliphatic rings. The quantitative estimate of drug-likeness (QED) is 0.544. The van der Waals surface area contributed by atoms with Crippen LogP contribution < -0.4 is 11.1 Å². The Morgan fingerprint density at radius 3 is 2.47 bits per heavy atom. The zero-order valence-corrected chi connectivity index (χ0v) is 11.2. The topological polar surface area (TPSA) is 75.4 Å². The lowest BCUT2D eigenvalue weighted by Gasteiger charge is -2.17. The van der Waals surface area contributed by atoms with Crippen LogP contribution in [0.15, 0.2) is 0 Å². The first kappa shape index (κ1) is 16.4. The molecule has 0 radical (unpaired) electrons. The Labute approximate surface area is 105 Å². The van der Waals surface area contributed by atoms with Crippen molar-refractivity contribution < 1.29 is 9.90 Å². The summed E-state index contributed by atoms with van der Waals surface area (Å²) in [6, 6.07) is -0.0957. The summed E-state index contributed by atoms with van der Waals surface area (Å²) in [6.45, 7) is 4.82. The normalized spacial score (nSPS) is 14.4. The van der Waals surface area contributed by atoms with Crippen LogP contribution in [0.3, 0.4) is 0 Å². The van der Waals surface area contributed by atoms with E-state index in [1.54, 1.807) is 0 Å². The zero-order valence-electron chi connectivity index (χ0n) is 11.2. The van der Waals surface area contributed by atoms with Gasteiger partial charge in [0.1, 0.15) is 0 Å². The Bertz CT molecular complexity index is 188. The Balaban J connectivity index is 3.86. The van der Waals surface area contributed by atoms with Crippen molar-refractivity contribution in [1.82, 2.24) is 5.32 Å². The fourth-order valence-electron chi connectivity index (χ4n) is 1.99. The van der Waals surface area contributed by atoms with Gasteiger partial charge in [-0.3, -0.25) is 4.79 Å². The molecule has 0 saturated carbocycles. The number of carbonyl (C=O) groups excluding carboxylic acids is 1. The fraction of sp³-hybridized carbons (Fsp3) is 0.923. The smallest absolute Gasteiger partial charge is 0.220 e. The third kappa shape index (κ3) is 8.16. The van der Waals surface area contributed by atoms with Gasteiger partial charge in [-0.15, -0.1) is 0 Å². The number of rotatable bonds is 10. The third-order valence-corrected chi connectivity index (χ3v) is 3.13. The molecule has 0 fully saturated rings. The van der Waals surface area contributed by atoms with Crippen molar-refractivity contribution >= 4 is 5.91 Å². The number of aliphatic hydroxyl groups is 1. The number of hydrogen-bond donors (Lipinski definition) is 3. The number of nitrogens with one attached hydrogen (secondary N) is 1. The molecule has 4 nitrogen and oxygen atoms in total. The van der Waals surface area contributed by atoms with Gasteiger partial charge in [0.15, 0.2) is 0 Å². The molecule has 0 aliphatic heterocycles. The monoisotopic (exact) mass is 244 g/mol. The number of amides is 1. The lowest BCUT2D eigenvalue weighted by molar-refractivity contribution is -0.122. The van der Waals surface area contributed by atoms with Crippen molar-refractivity contribution in [1.29, 1.82) is 0 Å². The minimum absolute atomic E-state index is 0.0173.